The van der Waals surface area contributed by atoms with E-state index < -0.39 is 18.6 Å². The zero-order chi connectivity index (χ0) is 20.3. The minimum Gasteiger partial charge on any atom is -0.487 e. The number of rotatable bonds is 6. The highest BCUT2D eigenvalue weighted by Gasteiger charge is 2.39. The average Bonchev–Trinajstić information content (AvgIpc) is 3.32. The molecular weight excluding hydrogens is 372 g/mol. The lowest BCUT2D eigenvalue weighted by Gasteiger charge is -2.20. The fourth-order valence-electron chi connectivity index (χ4n) is 4.03. The van der Waals surface area contributed by atoms with Gasteiger partial charge in [-0.05, 0) is 49.8 Å². The van der Waals surface area contributed by atoms with Crippen LogP contribution in [0.5, 0.6) is 11.5 Å². The standard InChI is InChI=1S/C20H25F2NO5/c1-12(24)23-11-14(9-16(23)19(25)26-2)13-7-8-17(28-20(21)22)18(10-13)27-15-5-3-4-6-15/h7-8,10,14-16,20H,3-6,9,11H2,1-2H3/t14?,16-/m1/s1. The topological polar surface area (TPSA) is 65.1 Å². The maximum atomic E-state index is 12.8. The van der Waals surface area contributed by atoms with Gasteiger partial charge in [0.2, 0.25) is 5.91 Å². The second-order valence-electron chi connectivity index (χ2n) is 7.25. The number of ether oxygens (including phenoxy) is 3. The van der Waals surface area contributed by atoms with Crippen molar-refractivity contribution >= 4 is 11.9 Å². The molecule has 0 aromatic heterocycles. The first-order chi connectivity index (χ1) is 13.4. The molecule has 0 bridgehead atoms. The molecule has 6 nitrogen and oxygen atoms in total. The van der Waals surface area contributed by atoms with Gasteiger partial charge in [-0.3, -0.25) is 4.79 Å². The first-order valence-electron chi connectivity index (χ1n) is 9.49. The van der Waals surface area contributed by atoms with E-state index in [9.17, 15) is 18.4 Å². The third-order valence-corrected chi connectivity index (χ3v) is 5.43. The molecule has 1 saturated heterocycles. The Balaban J connectivity index is 1.84. The minimum absolute atomic E-state index is 0.00316. The molecule has 0 N–H and O–H groups in total. The van der Waals surface area contributed by atoms with Crippen LogP contribution in [-0.2, 0) is 14.3 Å². The summed E-state index contributed by atoms with van der Waals surface area (Å²) in [7, 11) is 1.29. The Labute approximate surface area is 162 Å². The molecular formula is C20H25F2NO5. The summed E-state index contributed by atoms with van der Waals surface area (Å²) in [5, 5.41) is 0. The van der Waals surface area contributed by atoms with Crippen LogP contribution in [0.15, 0.2) is 18.2 Å². The number of carbonyl (C=O) groups is 2. The molecule has 2 fully saturated rings. The number of amides is 1. The maximum absolute atomic E-state index is 12.8. The summed E-state index contributed by atoms with van der Waals surface area (Å²) in [4.78, 5) is 25.4. The summed E-state index contributed by atoms with van der Waals surface area (Å²) < 4.78 is 40.9. The van der Waals surface area contributed by atoms with E-state index in [0.717, 1.165) is 31.2 Å². The quantitative estimate of drug-likeness (QED) is 0.688. The second-order valence-corrected chi connectivity index (χ2v) is 7.25. The van der Waals surface area contributed by atoms with Crippen molar-refractivity contribution < 1.29 is 32.6 Å². The van der Waals surface area contributed by atoms with Gasteiger partial charge in [0.1, 0.15) is 6.04 Å². The zero-order valence-corrected chi connectivity index (χ0v) is 16.0. The van der Waals surface area contributed by atoms with Crippen molar-refractivity contribution in [2.24, 2.45) is 0 Å². The molecule has 1 aliphatic heterocycles. The van der Waals surface area contributed by atoms with E-state index in [1.165, 1.54) is 25.0 Å². The normalized spacial score (nSPS) is 22.5. The van der Waals surface area contributed by atoms with Crippen LogP contribution in [0.2, 0.25) is 0 Å². The van der Waals surface area contributed by atoms with Gasteiger partial charge in [0, 0.05) is 19.4 Å². The van der Waals surface area contributed by atoms with Crippen LogP contribution >= 0.6 is 0 Å². The summed E-state index contributed by atoms with van der Waals surface area (Å²) in [6.07, 6.45) is 4.24. The van der Waals surface area contributed by atoms with Crippen LogP contribution in [0.25, 0.3) is 0 Å². The predicted octanol–water partition coefficient (Wildman–Crippen LogP) is 3.49. The summed E-state index contributed by atoms with van der Waals surface area (Å²) in [5.74, 6) is -0.521. The number of methoxy groups -OCH3 is 1. The van der Waals surface area contributed by atoms with Crippen LogP contribution in [0.4, 0.5) is 8.78 Å². The van der Waals surface area contributed by atoms with Gasteiger partial charge in [-0.25, -0.2) is 4.79 Å². The predicted molar refractivity (Wildman–Crippen MR) is 96.5 cm³/mol. The van der Waals surface area contributed by atoms with E-state index in [1.54, 1.807) is 12.1 Å². The summed E-state index contributed by atoms with van der Waals surface area (Å²) in [6, 6.07) is 4.19. The van der Waals surface area contributed by atoms with Gasteiger partial charge in [-0.15, -0.1) is 0 Å². The van der Waals surface area contributed by atoms with Crippen LogP contribution in [-0.4, -0.2) is 49.2 Å². The van der Waals surface area contributed by atoms with Crippen LogP contribution < -0.4 is 9.47 Å². The van der Waals surface area contributed by atoms with Crippen LogP contribution in [0.1, 0.15) is 50.5 Å². The summed E-state index contributed by atoms with van der Waals surface area (Å²) >= 11 is 0. The number of nitrogens with zero attached hydrogens (tertiary/aromatic N) is 1. The molecule has 1 heterocycles. The van der Waals surface area contributed by atoms with Crippen LogP contribution in [0.3, 0.4) is 0 Å². The van der Waals surface area contributed by atoms with Crippen LogP contribution in [0, 0.1) is 0 Å². The van der Waals surface area contributed by atoms with Gasteiger partial charge < -0.3 is 19.1 Å². The van der Waals surface area contributed by atoms with Gasteiger partial charge in [0.25, 0.3) is 0 Å². The molecule has 8 heteroatoms. The molecule has 2 aliphatic rings. The molecule has 154 valence electrons. The van der Waals surface area contributed by atoms with Gasteiger partial charge in [0.15, 0.2) is 11.5 Å². The lowest BCUT2D eigenvalue weighted by molar-refractivity contribution is -0.150. The molecule has 2 atom stereocenters. The number of hydrogen-bond acceptors (Lipinski definition) is 5. The Morgan fingerprint density at radius 2 is 1.89 bits per heavy atom. The zero-order valence-electron chi connectivity index (χ0n) is 16.0. The Bertz CT molecular complexity index is 721. The smallest absolute Gasteiger partial charge is 0.387 e. The van der Waals surface area contributed by atoms with E-state index in [1.807, 2.05) is 0 Å². The molecule has 28 heavy (non-hydrogen) atoms. The van der Waals surface area contributed by atoms with E-state index >= 15 is 0 Å². The number of halogens is 2. The first kappa shape index (κ1) is 20.4. The van der Waals surface area contributed by atoms with Gasteiger partial charge in [0.05, 0.1) is 13.2 Å². The number of alkyl halides is 2. The molecule has 1 aromatic carbocycles. The molecule has 3 rings (SSSR count). The molecule has 1 unspecified atom stereocenters. The number of carbonyl (C=O) groups excluding carboxylic acids is 2. The third kappa shape index (κ3) is 4.54. The van der Waals surface area contributed by atoms with Crippen molar-refractivity contribution in [1.29, 1.82) is 0 Å². The SMILES string of the molecule is COC(=O)[C@H]1CC(c2ccc(OC(F)F)c(OC3CCCC3)c2)CN1C(C)=O. The molecule has 1 aliphatic carbocycles. The van der Waals surface area contributed by atoms with Crippen molar-refractivity contribution in [1.82, 2.24) is 4.90 Å². The maximum Gasteiger partial charge on any atom is 0.387 e. The molecule has 1 aromatic rings. The Hall–Kier alpha value is -2.38. The Kier molecular flexibility index (Phi) is 6.36. The van der Waals surface area contributed by atoms with Gasteiger partial charge in [-0.1, -0.05) is 6.07 Å². The number of likely N-dealkylation sites (tertiary alicyclic amines) is 1. The number of hydrogen-bond donors (Lipinski definition) is 0. The number of esters is 1. The Morgan fingerprint density at radius 3 is 2.50 bits per heavy atom. The molecule has 0 radical (unpaired) electrons. The van der Waals surface area contributed by atoms with Crippen molar-refractivity contribution in [2.45, 2.75) is 63.7 Å². The third-order valence-electron chi connectivity index (χ3n) is 5.43. The second kappa shape index (κ2) is 8.75. The van der Waals surface area contributed by atoms with Crippen molar-refractivity contribution in [3.8, 4) is 11.5 Å². The summed E-state index contributed by atoms with van der Waals surface area (Å²) in [6.45, 7) is -1.18. The molecule has 0 spiro atoms. The molecule has 1 amide bonds. The number of benzene rings is 1. The highest BCUT2D eigenvalue weighted by atomic mass is 19.3. The van der Waals surface area contributed by atoms with Gasteiger partial charge >= 0.3 is 12.6 Å². The highest BCUT2D eigenvalue weighted by Crippen LogP contribution is 2.39. The van der Waals surface area contributed by atoms with Gasteiger partial charge in [-0.2, -0.15) is 8.78 Å². The van der Waals surface area contributed by atoms with Crippen molar-refractivity contribution in [2.75, 3.05) is 13.7 Å². The monoisotopic (exact) mass is 397 g/mol. The van der Waals surface area contributed by atoms with E-state index in [-0.39, 0.29) is 29.4 Å². The summed E-state index contributed by atoms with van der Waals surface area (Å²) in [5.41, 5.74) is 0.812. The van der Waals surface area contributed by atoms with E-state index in [2.05, 4.69) is 4.74 Å². The lowest BCUT2D eigenvalue weighted by atomic mass is 9.96. The first-order valence-corrected chi connectivity index (χ1v) is 9.49. The average molecular weight is 397 g/mol. The van der Waals surface area contributed by atoms with Crippen molar-refractivity contribution in [3.05, 3.63) is 23.8 Å². The minimum atomic E-state index is -2.94. The lowest BCUT2D eigenvalue weighted by Crippen LogP contribution is -2.39. The fourth-order valence-corrected chi connectivity index (χ4v) is 4.03. The van der Waals surface area contributed by atoms with E-state index in [4.69, 9.17) is 9.47 Å². The fraction of sp³-hybridized carbons (Fsp3) is 0.600. The van der Waals surface area contributed by atoms with Crippen molar-refractivity contribution in [3.63, 3.8) is 0 Å². The largest absolute Gasteiger partial charge is 0.487 e. The Morgan fingerprint density at radius 1 is 1.18 bits per heavy atom. The van der Waals surface area contributed by atoms with E-state index in [0.29, 0.717) is 13.0 Å². The molecule has 1 saturated carbocycles. The highest BCUT2D eigenvalue weighted by molar-refractivity contribution is 5.84.